The predicted molar refractivity (Wildman–Crippen MR) is 61.8 cm³/mol. The zero-order valence-electron chi connectivity index (χ0n) is 9.91. The van der Waals surface area contributed by atoms with Crippen LogP contribution < -0.4 is 10.4 Å². The molecular formula is C11H18NO3S-. The van der Waals surface area contributed by atoms with Gasteiger partial charge >= 0.3 is 0 Å². The van der Waals surface area contributed by atoms with Gasteiger partial charge in [0.2, 0.25) is 5.91 Å². The summed E-state index contributed by atoms with van der Waals surface area (Å²) in [4.78, 5) is 21.9. The summed E-state index contributed by atoms with van der Waals surface area (Å²) in [6.07, 6.45) is 0.431. The summed E-state index contributed by atoms with van der Waals surface area (Å²) in [5, 5.41) is 13.2. The van der Waals surface area contributed by atoms with Crippen molar-refractivity contribution in [2.24, 2.45) is 11.8 Å². The van der Waals surface area contributed by atoms with Gasteiger partial charge in [0.1, 0.15) is 0 Å². The van der Waals surface area contributed by atoms with Gasteiger partial charge in [0.05, 0.1) is 0 Å². The van der Waals surface area contributed by atoms with E-state index in [1.165, 1.54) is 0 Å². The van der Waals surface area contributed by atoms with E-state index in [0.717, 1.165) is 5.75 Å². The minimum Gasteiger partial charge on any atom is -0.550 e. The van der Waals surface area contributed by atoms with Gasteiger partial charge in [-0.05, 0) is 6.42 Å². The van der Waals surface area contributed by atoms with Crippen LogP contribution in [0.3, 0.4) is 0 Å². The maximum Gasteiger partial charge on any atom is 0.223 e. The molecule has 0 radical (unpaired) electrons. The van der Waals surface area contributed by atoms with Crippen LogP contribution in [0, 0.1) is 11.8 Å². The van der Waals surface area contributed by atoms with Crippen molar-refractivity contribution in [2.45, 2.75) is 31.9 Å². The molecule has 1 saturated carbocycles. The van der Waals surface area contributed by atoms with Crippen molar-refractivity contribution in [3.05, 3.63) is 0 Å². The summed E-state index contributed by atoms with van der Waals surface area (Å²) in [6.45, 7) is 6.95. The smallest absolute Gasteiger partial charge is 0.223 e. The van der Waals surface area contributed by atoms with Crippen LogP contribution in [-0.4, -0.2) is 28.9 Å². The molecule has 2 atom stereocenters. The van der Waals surface area contributed by atoms with Crippen molar-refractivity contribution in [2.75, 3.05) is 12.3 Å². The van der Waals surface area contributed by atoms with E-state index >= 15 is 0 Å². The van der Waals surface area contributed by atoms with E-state index in [1.807, 2.05) is 0 Å². The predicted octanol–water partition coefficient (Wildman–Crippen LogP) is 0.0203. The van der Waals surface area contributed by atoms with Crippen molar-refractivity contribution >= 4 is 23.6 Å². The van der Waals surface area contributed by atoms with Gasteiger partial charge in [-0.1, -0.05) is 20.8 Å². The Balaban J connectivity index is 2.11. The summed E-state index contributed by atoms with van der Waals surface area (Å²) in [5.74, 6) is -1.33. The normalized spacial score (nSPS) is 23.9. The Hall–Kier alpha value is -0.710. The van der Waals surface area contributed by atoms with Crippen LogP contribution in [0.1, 0.15) is 27.2 Å². The van der Waals surface area contributed by atoms with Crippen molar-refractivity contribution in [1.82, 2.24) is 5.32 Å². The first-order chi connectivity index (χ1) is 7.31. The Labute approximate surface area is 100 Å². The Morgan fingerprint density at radius 2 is 2.00 bits per heavy atom. The van der Waals surface area contributed by atoms with E-state index < -0.39 is 11.9 Å². The fraction of sp³-hybridized carbons (Fsp3) is 0.818. The molecule has 16 heavy (non-hydrogen) atoms. The minimum absolute atomic E-state index is 0.149. The van der Waals surface area contributed by atoms with Crippen molar-refractivity contribution < 1.29 is 14.7 Å². The third-order valence-corrected chi connectivity index (χ3v) is 3.64. The second-order valence-electron chi connectivity index (χ2n) is 5.02. The molecule has 0 unspecified atom stereocenters. The van der Waals surface area contributed by atoms with E-state index in [9.17, 15) is 14.7 Å². The van der Waals surface area contributed by atoms with Crippen LogP contribution in [0.4, 0.5) is 0 Å². The highest BCUT2D eigenvalue weighted by atomic mass is 32.2. The molecule has 1 amide bonds. The highest BCUT2D eigenvalue weighted by molar-refractivity contribution is 8.00. The lowest BCUT2D eigenvalue weighted by atomic mass is 10.3. The number of amides is 1. The molecule has 0 bridgehead atoms. The number of aliphatic carboxylic acids is 1. The zero-order valence-corrected chi connectivity index (χ0v) is 10.7. The molecule has 1 N–H and O–H groups in total. The van der Waals surface area contributed by atoms with Crippen LogP contribution in [0.5, 0.6) is 0 Å². The molecule has 0 saturated heterocycles. The van der Waals surface area contributed by atoms with E-state index in [-0.39, 0.29) is 16.6 Å². The summed E-state index contributed by atoms with van der Waals surface area (Å²) >= 11 is 1.77. The SMILES string of the molecule is CC(C)(C)SCCNC(=O)[C@H]1C[C@H]1C(=O)[O-]. The van der Waals surface area contributed by atoms with Gasteiger partial charge in [0, 0.05) is 34.8 Å². The van der Waals surface area contributed by atoms with Gasteiger partial charge in [-0.25, -0.2) is 0 Å². The molecule has 5 heteroatoms. The van der Waals surface area contributed by atoms with E-state index in [1.54, 1.807) is 11.8 Å². The number of carboxylic acids is 1. The number of carboxylic acid groups (broad SMARTS) is 1. The first-order valence-corrected chi connectivity index (χ1v) is 6.42. The Morgan fingerprint density at radius 3 is 2.44 bits per heavy atom. The quantitative estimate of drug-likeness (QED) is 0.692. The third kappa shape index (κ3) is 4.43. The van der Waals surface area contributed by atoms with Gasteiger partial charge in [0.25, 0.3) is 0 Å². The molecule has 0 aliphatic heterocycles. The van der Waals surface area contributed by atoms with E-state index in [4.69, 9.17) is 0 Å². The van der Waals surface area contributed by atoms with Gasteiger partial charge in [-0.15, -0.1) is 0 Å². The summed E-state index contributed by atoms with van der Waals surface area (Å²) in [5.41, 5.74) is 0. The molecule has 92 valence electrons. The second-order valence-corrected chi connectivity index (χ2v) is 6.94. The number of thioether (sulfide) groups is 1. The largest absolute Gasteiger partial charge is 0.550 e. The number of carbonyl (C=O) groups excluding carboxylic acids is 2. The number of hydrogen-bond donors (Lipinski definition) is 1. The maximum atomic E-state index is 11.4. The van der Waals surface area contributed by atoms with Gasteiger partial charge in [-0.3, -0.25) is 4.79 Å². The molecule has 0 aromatic carbocycles. The molecule has 0 aromatic heterocycles. The van der Waals surface area contributed by atoms with Crippen molar-refractivity contribution in [1.29, 1.82) is 0 Å². The summed E-state index contributed by atoms with van der Waals surface area (Å²) < 4.78 is 0.192. The molecule has 1 rings (SSSR count). The number of rotatable bonds is 5. The van der Waals surface area contributed by atoms with E-state index in [0.29, 0.717) is 13.0 Å². The first kappa shape index (κ1) is 13.4. The van der Waals surface area contributed by atoms with Gasteiger partial charge in [-0.2, -0.15) is 11.8 Å². The van der Waals surface area contributed by atoms with Crippen LogP contribution >= 0.6 is 11.8 Å². The molecule has 1 aliphatic rings. The average Bonchev–Trinajstić information content (AvgIpc) is 2.89. The van der Waals surface area contributed by atoms with Crippen LogP contribution in [0.15, 0.2) is 0 Å². The Morgan fingerprint density at radius 1 is 1.38 bits per heavy atom. The fourth-order valence-corrected chi connectivity index (χ4v) is 2.22. The van der Waals surface area contributed by atoms with E-state index in [2.05, 4.69) is 26.1 Å². The molecule has 1 aliphatic carbocycles. The maximum absolute atomic E-state index is 11.4. The van der Waals surface area contributed by atoms with Gasteiger partial charge < -0.3 is 15.2 Å². The highest BCUT2D eigenvalue weighted by Gasteiger charge is 2.43. The number of carbonyl (C=O) groups is 2. The molecule has 4 nitrogen and oxygen atoms in total. The molecule has 0 heterocycles. The topological polar surface area (TPSA) is 69.2 Å². The lowest BCUT2D eigenvalue weighted by molar-refractivity contribution is -0.308. The fourth-order valence-electron chi connectivity index (χ4n) is 1.41. The summed E-state index contributed by atoms with van der Waals surface area (Å²) in [7, 11) is 0. The van der Waals surface area contributed by atoms with Crippen LogP contribution in [-0.2, 0) is 9.59 Å². The number of hydrogen-bond acceptors (Lipinski definition) is 4. The van der Waals surface area contributed by atoms with Crippen molar-refractivity contribution in [3.63, 3.8) is 0 Å². The standard InChI is InChI=1S/C11H19NO3S/c1-11(2,3)16-5-4-12-9(13)7-6-8(7)10(14)15/h7-8H,4-6H2,1-3H3,(H,12,13)(H,14,15)/p-1/t7-,8+/m0/s1. The first-order valence-electron chi connectivity index (χ1n) is 5.44. The Kier molecular flexibility index (Phi) is 4.24. The summed E-state index contributed by atoms with van der Waals surface area (Å²) in [6, 6.07) is 0. The Bertz CT molecular complexity index is 285. The molecular weight excluding hydrogens is 226 g/mol. The van der Waals surface area contributed by atoms with Crippen LogP contribution in [0.25, 0.3) is 0 Å². The van der Waals surface area contributed by atoms with Gasteiger partial charge in [0.15, 0.2) is 0 Å². The second kappa shape index (κ2) is 5.08. The number of nitrogens with one attached hydrogen (secondary N) is 1. The lowest BCUT2D eigenvalue weighted by Gasteiger charge is -2.17. The molecule has 0 spiro atoms. The monoisotopic (exact) mass is 244 g/mol. The highest BCUT2D eigenvalue weighted by Crippen LogP contribution is 2.37. The molecule has 0 aromatic rings. The zero-order chi connectivity index (χ0) is 12.3. The third-order valence-electron chi connectivity index (χ3n) is 2.37. The lowest BCUT2D eigenvalue weighted by Crippen LogP contribution is -2.31. The van der Waals surface area contributed by atoms with Crippen molar-refractivity contribution in [3.8, 4) is 0 Å². The molecule has 1 fully saturated rings. The van der Waals surface area contributed by atoms with Crippen LogP contribution in [0.2, 0.25) is 0 Å². The average molecular weight is 244 g/mol. The minimum atomic E-state index is -1.11.